The molecule has 1 unspecified atom stereocenters. The van der Waals surface area contributed by atoms with E-state index in [9.17, 15) is 14.8 Å². The molecule has 0 fully saturated rings. The molecule has 0 aliphatic carbocycles. The molecule has 0 aliphatic heterocycles. The van der Waals surface area contributed by atoms with Crippen LogP contribution < -0.4 is 0 Å². The van der Waals surface area contributed by atoms with E-state index in [0.717, 1.165) is 0 Å². The molecule has 0 aliphatic rings. The van der Waals surface area contributed by atoms with Crippen LogP contribution >= 0.6 is 0 Å². The summed E-state index contributed by atoms with van der Waals surface area (Å²) in [4.78, 5) is 22.3. The fourth-order valence-corrected chi connectivity index (χ4v) is 1.27. The molecular formula is C10H19NO4. The SMILES string of the molecule is CCOC(=O)C(=O)N(O)C(C)CC(C)C. The summed E-state index contributed by atoms with van der Waals surface area (Å²) in [5.74, 6) is -1.69. The molecule has 0 aromatic rings. The van der Waals surface area contributed by atoms with Gasteiger partial charge >= 0.3 is 11.9 Å². The Balaban J connectivity index is 4.24. The zero-order valence-corrected chi connectivity index (χ0v) is 9.69. The van der Waals surface area contributed by atoms with Crippen LogP contribution in [0.1, 0.15) is 34.1 Å². The van der Waals surface area contributed by atoms with E-state index in [1.54, 1.807) is 13.8 Å². The quantitative estimate of drug-likeness (QED) is 0.332. The third-order valence-electron chi connectivity index (χ3n) is 1.89. The minimum atomic E-state index is -1.02. The predicted octanol–water partition coefficient (Wildman–Crippen LogP) is 1.20. The highest BCUT2D eigenvalue weighted by atomic mass is 16.6. The molecule has 0 aromatic heterocycles. The molecule has 88 valence electrons. The van der Waals surface area contributed by atoms with E-state index in [2.05, 4.69) is 4.74 Å². The maximum absolute atomic E-state index is 11.3. The van der Waals surface area contributed by atoms with Crippen LogP contribution in [0, 0.1) is 5.92 Å². The molecule has 0 heterocycles. The molecule has 0 rings (SSSR count). The Morgan fingerprint density at radius 3 is 2.27 bits per heavy atom. The zero-order chi connectivity index (χ0) is 12.0. The van der Waals surface area contributed by atoms with Gasteiger partial charge in [-0.25, -0.2) is 9.86 Å². The Labute approximate surface area is 90.0 Å². The van der Waals surface area contributed by atoms with E-state index in [1.165, 1.54) is 0 Å². The smallest absolute Gasteiger partial charge is 0.399 e. The molecule has 0 saturated heterocycles. The fraction of sp³-hybridized carbons (Fsp3) is 0.800. The second kappa shape index (κ2) is 6.40. The highest BCUT2D eigenvalue weighted by Gasteiger charge is 2.26. The monoisotopic (exact) mass is 217 g/mol. The zero-order valence-electron chi connectivity index (χ0n) is 9.69. The van der Waals surface area contributed by atoms with Crippen LogP contribution in [-0.2, 0) is 14.3 Å². The van der Waals surface area contributed by atoms with Gasteiger partial charge in [0.2, 0.25) is 0 Å². The Bertz CT molecular complexity index is 227. The number of carbonyl (C=O) groups is 2. The Kier molecular flexibility index (Phi) is 5.93. The number of esters is 1. The summed E-state index contributed by atoms with van der Waals surface area (Å²) in [5.41, 5.74) is 0. The van der Waals surface area contributed by atoms with Gasteiger partial charge in [-0.05, 0) is 26.2 Å². The van der Waals surface area contributed by atoms with Crippen molar-refractivity contribution >= 4 is 11.9 Å². The first-order valence-electron chi connectivity index (χ1n) is 5.09. The molecular weight excluding hydrogens is 198 g/mol. The van der Waals surface area contributed by atoms with E-state index in [0.29, 0.717) is 17.4 Å². The van der Waals surface area contributed by atoms with Gasteiger partial charge in [-0.2, -0.15) is 0 Å². The first-order valence-corrected chi connectivity index (χ1v) is 5.09. The van der Waals surface area contributed by atoms with Crippen LogP contribution in [0.25, 0.3) is 0 Å². The van der Waals surface area contributed by atoms with Gasteiger partial charge in [0.15, 0.2) is 0 Å². The van der Waals surface area contributed by atoms with Gasteiger partial charge in [-0.3, -0.25) is 10.0 Å². The average Bonchev–Trinajstić information content (AvgIpc) is 2.14. The van der Waals surface area contributed by atoms with Crippen LogP contribution in [0.15, 0.2) is 0 Å². The van der Waals surface area contributed by atoms with Gasteiger partial charge in [0, 0.05) is 0 Å². The molecule has 5 heteroatoms. The summed E-state index contributed by atoms with van der Waals surface area (Å²) < 4.78 is 4.49. The van der Waals surface area contributed by atoms with Crippen LogP contribution in [0.5, 0.6) is 0 Å². The van der Waals surface area contributed by atoms with E-state index >= 15 is 0 Å². The van der Waals surface area contributed by atoms with Crippen LogP contribution in [0.2, 0.25) is 0 Å². The van der Waals surface area contributed by atoms with Gasteiger partial charge in [-0.1, -0.05) is 13.8 Å². The molecule has 0 saturated carbocycles. The summed E-state index contributed by atoms with van der Waals surface area (Å²) in [7, 11) is 0. The fourth-order valence-electron chi connectivity index (χ4n) is 1.27. The maximum atomic E-state index is 11.3. The summed E-state index contributed by atoms with van der Waals surface area (Å²) in [6, 6.07) is -0.387. The lowest BCUT2D eigenvalue weighted by Crippen LogP contribution is -2.41. The number of rotatable bonds is 4. The molecule has 1 amide bonds. The lowest BCUT2D eigenvalue weighted by Gasteiger charge is -2.22. The van der Waals surface area contributed by atoms with Crippen molar-refractivity contribution in [2.45, 2.75) is 40.2 Å². The van der Waals surface area contributed by atoms with E-state index in [4.69, 9.17) is 0 Å². The van der Waals surface area contributed by atoms with Gasteiger partial charge in [0.1, 0.15) is 0 Å². The minimum Gasteiger partial charge on any atom is -0.459 e. The van der Waals surface area contributed by atoms with Gasteiger partial charge < -0.3 is 4.74 Å². The van der Waals surface area contributed by atoms with Gasteiger partial charge in [-0.15, -0.1) is 0 Å². The lowest BCUT2D eigenvalue weighted by atomic mass is 10.1. The van der Waals surface area contributed by atoms with Crippen molar-refractivity contribution in [1.29, 1.82) is 0 Å². The summed E-state index contributed by atoms with van der Waals surface area (Å²) in [5, 5.41) is 9.86. The van der Waals surface area contributed by atoms with E-state index < -0.39 is 11.9 Å². The minimum absolute atomic E-state index is 0.122. The van der Waals surface area contributed by atoms with Crippen molar-refractivity contribution in [3.05, 3.63) is 0 Å². The Hall–Kier alpha value is -1.10. The van der Waals surface area contributed by atoms with Crippen LogP contribution in [-0.4, -0.2) is 34.8 Å². The van der Waals surface area contributed by atoms with E-state index in [1.807, 2.05) is 13.8 Å². The maximum Gasteiger partial charge on any atom is 0.399 e. The van der Waals surface area contributed by atoms with Gasteiger partial charge in [0.25, 0.3) is 0 Å². The number of carbonyl (C=O) groups excluding carboxylic acids is 2. The topological polar surface area (TPSA) is 66.8 Å². The molecule has 15 heavy (non-hydrogen) atoms. The molecule has 0 radical (unpaired) electrons. The number of amides is 1. The second-order valence-electron chi connectivity index (χ2n) is 3.85. The van der Waals surface area contributed by atoms with Crippen molar-refractivity contribution < 1.29 is 19.5 Å². The van der Waals surface area contributed by atoms with Crippen molar-refractivity contribution in [2.24, 2.45) is 5.92 Å². The van der Waals surface area contributed by atoms with E-state index in [-0.39, 0.29) is 12.6 Å². The summed E-state index contributed by atoms with van der Waals surface area (Å²) >= 11 is 0. The third-order valence-corrected chi connectivity index (χ3v) is 1.89. The van der Waals surface area contributed by atoms with Crippen molar-refractivity contribution in [1.82, 2.24) is 5.06 Å². The number of ether oxygens (including phenoxy) is 1. The third kappa shape index (κ3) is 4.78. The van der Waals surface area contributed by atoms with Crippen LogP contribution in [0.3, 0.4) is 0 Å². The van der Waals surface area contributed by atoms with Gasteiger partial charge in [0.05, 0.1) is 12.6 Å². The standard InChI is InChI=1S/C10H19NO4/c1-5-15-10(13)9(12)11(14)8(4)6-7(2)3/h7-8,14H,5-6H2,1-4H3. The number of hydroxylamine groups is 2. The summed E-state index contributed by atoms with van der Waals surface area (Å²) in [6.45, 7) is 7.34. The van der Waals surface area contributed by atoms with Crippen molar-refractivity contribution in [2.75, 3.05) is 6.61 Å². The number of hydrogen-bond acceptors (Lipinski definition) is 4. The first kappa shape index (κ1) is 13.9. The summed E-state index contributed by atoms with van der Waals surface area (Å²) in [6.07, 6.45) is 0.627. The molecule has 0 spiro atoms. The highest BCUT2D eigenvalue weighted by Crippen LogP contribution is 2.09. The van der Waals surface area contributed by atoms with Crippen molar-refractivity contribution in [3.63, 3.8) is 0 Å². The molecule has 1 atom stereocenters. The highest BCUT2D eigenvalue weighted by molar-refractivity contribution is 6.32. The van der Waals surface area contributed by atoms with Crippen LogP contribution in [0.4, 0.5) is 0 Å². The molecule has 0 bridgehead atoms. The number of hydrogen-bond donors (Lipinski definition) is 1. The Morgan fingerprint density at radius 1 is 1.33 bits per heavy atom. The Morgan fingerprint density at radius 2 is 1.87 bits per heavy atom. The first-order chi connectivity index (χ1) is 6.90. The number of nitrogens with zero attached hydrogens (tertiary/aromatic N) is 1. The van der Waals surface area contributed by atoms with Crippen molar-refractivity contribution in [3.8, 4) is 0 Å². The molecule has 1 N–H and O–H groups in total. The normalized spacial score (nSPS) is 12.4. The lowest BCUT2D eigenvalue weighted by molar-refractivity contribution is -0.187. The average molecular weight is 217 g/mol. The largest absolute Gasteiger partial charge is 0.459 e. The second-order valence-corrected chi connectivity index (χ2v) is 3.85. The predicted molar refractivity (Wildman–Crippen MR) is 54.2 cm³/mol. The molecule has 5 nitrogen and oxygen atoms in total. The molecule has 0 aromatic carbocycles.